The van der Waals surface area contributed by atoms with Crippen LogP contribution in [0.25, 0.3) is 0 Å². The third-order valence-corrected chi connectivity index (χ3v) is 5.19. The number of likely N-dealkylation sites (tertiary alicyclic amines) is 1. The van der Waals surface area contributed by atoms with E-state index in [1.807, 2.05) is 7.11 Å². The second-order valence-corrected chi connectivity index (χ2v) is 6.37. The fourth-order valence-corrected chi connectivity index (χ4v) is 4.38. The Morgan fingerprint density at radius 2 is 2.15 bits per heavy atom. The van der Waals surface area contributed by atoms with Crippen LogP contribution < -0.4 is 4.74 Å². The first kappa shape index (κ1) is 13.9. The zero-order chi connectivity index (χ0) is 14.1. The minimum atomic E-state index is 0.730. The average molecular weight is 273 g/mol. The molecule has 0 saturated carbocycles. The molecule has 110 valence electrons. The van der Waals surface area contributed by atoms with Crippen LogP contribution in [0.4, 0.5) is 0 Å². The molecule has 0 aromatic heterocycles. The minimum Gasteiger partial charge on any atom is -0.496 e. The number of aryl methyl sites for hydroxylation is 1. The van der Waals surface area contributed by atoms with Crippen LogP contribution in [0.2, 0.25) is 0 Å². The third kappa shape index (κ3) is 2.24. The van der Waals surface area contributed by atoms with E-state index in [1.54, 1.807) is 5.56 Å². The van der Waals surface area contributed by atoms with Crippen molar-refractivity contribution in [3.63, 3.8) is 0 Å². The van der Waals surface area contributed by atoms with Gasteiger partial charge in [0.25, 0.3) is 0 Å². The molecule has 1 saturated heterocycles. The Bertz CT molecular complexity index is 481. The van der Waals surface area contributed by atoms with Crippen LogP contribution in [0.3, 0.4) is 0 Å². The maximum Gasteiger partial charge on any atom is 0.125 e. The Morgan fingerprint density at radius 1 is 1.30 bits per heavy atom. The first-order valence-corrected chi connectivity index (χ1v) is 8.16. The van der Waals surface area contributed by atoms with Crippen LogP contribution in [0.5, 0.6) is 5.75 Å². The molecule has 2 aliphatic rings. The van der Waals surface area contributed by atoms with Crippen LogP contribution >= 0.6 is 0 Å². The molecule has 1 fully saturated rings. The fraction of sp³-hybridized carbons (Fsp3) is 0.667. The van der Waals surface area contributed by atoms with Gasteiger partial charge in [-0.15, -0.1) is 0 Å². The molecule has 2 atom stereocenters. The highest BCUT2D eigenvalue weighted by Gasteiger charge is 2.36. The van der Waals surface area contributed by atoms with Crippen LogP contribution in [-0.2, 0) is 6.42 Å². The third-order valence-electron chi connectivity index (χ3n) is 5.19. The number of piperidine rings is 1. The van der Waals surface area contributed by atoms with E-state index in [0.29, 0.717) is 0 Å². The highest BCUT2D eigenvalue weighted by Crippen LogP contribution is 2.44. The summed E-state index contributed by atoms with van der Waals surface area (Å²) in [4.78, 5) is 2.74. The van der Waals surface area contributed by atoms with Crippen molar-refractivity contribution >= 4 is 0 Å². The Morgan fingerprint density at radius 3 is 2.90 bits per heavy atom. The van der Waals surface area contributed by atoms with Crippen molar-refractivity contribution < 1.29 is 4.74 Å². The lowest BCUT2D eigenvalue weighted by Crippen LogP contribution is -2.46. The molecule has 20 heavy (non-hydrogen) atoms. The molecule has 2 nitrogen and oxygen atoms in total. The first-order valence-electron chi connectivity index (χ1n) is 8.16. The monoisotopic (exact) mass is 273 g/mol. The number of methoxy groups -OCH3 is 1. The summed E-state index contributed by atoms with van der Waals surface area (Å²) < 4.78 is 5.68. The molecule has 0 unspecified atom stereocenters. The first-order chi connectivity index (χ1) is 9.76. The number of fused-ring (bicyclic) bond motifs is 3. The molecule has 3 rings (SSSR count). The zero-order valence-corrected chi connectivity index (χ0v) is 13.1. The fourth-order valence-electron chi connectivity index (χ4n) is 4.38. The Hall–Kier alpha value is -1.02. The molecule has 1 aromatic carbocycles. The van der Waals surface area contributed by atoms with Gasteiger partial charge in [0.2, 0.25) is 0 Å². The standard InChI is InChI=1S/C18H27NO/c1-4-11-19-12-5-6-15-14-8-7-13(2)18(20-3)16(14)9-10-17(15)19/h7-8,15,17H,4-6,9-12H2,1-3H3/t15-,17-/m0/s1. The van der Waals surface area contributed by atoms with Gasteiger partial charge in [-0.25, -0.2) is 0 Å². The minimum absolute atomic E-state index is 0.730. The van der Waals surface area contributed by atoms with E-state index in [2.05, 4.69) is 30.9 Å². The molecule has 1 aliphatic heterocycles. The maximum atomic E-state index is 5.68. The van der Waals surface area contributed by atoms with Crippen molar-refractivity contribution in [1.82, 2.24) is 4.90 Å². The van der Waals surface area contributed by atoms with Gasteiger partial charge < -0.3 is 4.74 Å². The van der Waals surface area contributed by atoms with E-state index in [-0.39, 0.29) is 0 Å². The molecule has 2 heteroatoms. The van der Waals surface area contributed by atoms with Crippen molar-refractivity contribution in [3.05, 3.63) is 28.8 Å². The highest BCUT2D eigenvalue weighted by atomic mass is 16.5. The van der Waals surface area contributed by atoms with Gasteiger partial charge >= 0.3 is 0 Å². The smallest absolute Gasteiger partial charge is 0.125 e. The SMILES string of the molecule is CCCN1CCC[C@H]2c3ccc(C)c(OC)c3CC[C@@H]21. The Labute approximate surface area is 123 Å². The van der Waals surface area contributed by atoms with Crippen LogP contribution in [0.15, 0.2) is 12.1 Å². The summed E-state index contributed by atoms with van der Waals surface area (Å²) in [6.07, 6.45) is 6.45. The molecule has 0 amide bonds. The summed E-state index contributed by atoms with van der Waals surface area (Å²) in [6.45, 7) is 7.02. The molecule has 1 aromatic rings. The van der Waals surface area contributed by atoms with Crippen LogP contribution in [0, 0.1) is 6.92 Å². The van der Waals surface area contributed by atoms with Crippen molar-refractivity contribution in [3.8, 4) is 5.75 Å². The van der Waals surface area contributed by atoms with Gasteiger partial charge in [-0.3, -0.25) is 4.90 Å². The Kier molecular flexibility index (Phi) is 4.02. The van der Waals surface area contributed by atoms with E-state index < -0.39 is 0 Å². The lowest BCUT2D eigenvalue weighted by molar-refractivity contribution is 0.112. The van der Waals surface area contributed by atoms with Crippen molar-refractivity contribution in [1.29, 1.82) is 0 Å². The molecule has 0 spiro atoms. The van der Waals surface area contributed by atoms with Crippen molar-refractivity contribution in [2.75, 3.05) is 20.2 Å². The van der Waals surface area contributed by atoms with Gasteiger partial charge in [0.1, 0.15) is 5.75 Å². The van der Waals surface area contributed by atoms with Gasteiger partial charge in [-0.05, 0) is 74.7 Å². The van der Waals surface area contributed by atoms with E-state index in [4.69, 9.17) is 4.74 Å². The van der Waals surface area contributed by atoms with Crippen LogP contribution in [0.1, 0.15) is 55.2 Å². The zero-order valence-electron chi connectivity index (χ0n) is 13.1. The number of rotatable bonds is 3. The van der Waals surface area contributed by atoms with E-state index in [9.17, 15) is 0 Å². The van der Waals surface area contributed by atoms with Gasteiger partial charge in [0.05, 0.1) is 7.11 Å². The van der Waals surface area contributed by atoms with E-state index in [0.717, 1.165) is 17.7 Å². The normalized spacial score (nSPS) is 25.9. The average Bonchev–Trinajstić information content (AvgIpc) is 2.47. The summed E-state index contributed by atoms with van der Waals surface area (Å²) >= 11 is 0. The summed E-state index contributed by atoms with van der Waals surface area (Å²) in [6, 6.07) is 5.39. The number of ether oxygens (including phenoxy) is 1. The lowest BCUT2D eigenvalue weighted by Gasteiger charge is -2.45. The van der Waals surface area contributed by atoms with Crippen molar-refractivity contribution in [2.24, 2.45) is 0 Å². The quantitative estimate of drug-likeness (QED) is 0.828. The van der Waals surface area contributed by atoms with E-state index >= 15 is 0 Å². The molecular weight excluding hydrogens is 246 g/mol. The summed E-state index contributed by atoms with van der Waals surface area (Å²) in [5.74, 6) is 1.88. The molecule has 0 N–H and O–H groups in total. The maximum absolute atomic E-state index is 5.68. The predicted octanol–water partition coefficient (Wildman–Crippen LogP) is 3.91. The van der Waals surface area contributed by atoms with E-state index in [1.165, 1.54) is 56.3 Å². The van der Waals surface area contributed by atoms with Crippen molar-refractivity contribution in [2.45, 2.75) is 57.9 Å². The van der Waals surface area contributed by atoms with Gasteiger partial charge in [-0.2, -0.15) is 0 Å². The van der Waals surface area contributed by atoms with Gasteiger partial charge in [-0.1, -0.05) is 19.1 Å². The molecule has 0 radical (unpaired) electrons. The molecule has 0 bridgehead atoms. The molecular formula is C18H27NO. The number of benzene rings is 1. The predicted molar refractivity (Wildman–Crippen MR) is 83.7 cm³/mol. The topological polar surface area (TPSA) is 12.5 Å². The Balaban J connectivity index is 1.96. The second kappa shape index (κ2) is 5.77. The molecule has 1 aliphatic carbocycles. The van der Waals surface area contributed by atoms with Gasteiger partial charge in [0.15, 0.2) is 0 Å². The number of hydrogen-bond donors (Lipinski definition) is 0. The van der Waals surface area contributed by atoms with Gasteiger partial charge in [0, 0.05) is 6.04 Å². The summed E-state index contributed by atoms with van der Waals surface area (Å²) in [5, 5.41) is 0. The largest absolute Gasteiger partial charge is 0.496 e. The summed E-state index contributed by atoms with van der Waals surface area (Å²) in [7, 11) is 1.82. The van der Waals surface area contributed by atoms with Crippen LogP contribution in [-0.4, -0.2) is 31.1 Å². The number of hydrogen-bond acceptors (Lipinski definition) is 2. The molecule has 1 heterocycles. The summed E-state index contributed by atoms with van der Waals surface area (Å²) in [5.41, 5.74) is 4.35. The lowest BCUT2D eigenvalue weighted by atomic mass is 9.73. The number of nitrogens with zero attached hydrogens (tertiary/aromatic N) is 1. The second-order valence-electron chi connectivity index (χ2n) is 6.37. The highest BCUT2D eigenvalue weighted by molar-refractivity contribution is 5.49.